The predicted molar refractivity (Wildman–Crippen MR) is 120 cm³/mol. The number of benzene rings is 2. The van der Waals surface area contributed by atoms with E-state index in [1.165, 1.54) is 35.0 Å². The maximum atomic E-state index is 12.9. The second-order valence-electron chi connectivity index (χ2n) is 6.47. The zero-order valence-electron chi connectivity index (χ0n) is 15.7. The van der Waals surface area contributed by atoms with Crippen LogP contribution in [0.25, 0.3) is 5.69 Å². The standard InChI is InChI=1S/C21H14F3N3OS3/c22-21(23,24)14-6-4-5-13(9-14)10-16-11-25-19(30-16)26-12-17-18(28)27(20(29)31-17)15-7-2-1-3-8-15/h1-9,11-12,28H,10H2/b26-12+. The van der Waals surface area contributed by atoms with Gasteiger partial charge in [0.15, 0.2) is 3.95 Å². The number of para-hydroxylation sites is 1. The summed E-state index contributed by atoms with van der Waals surface area (Å²) in [6, 6.07) is 14.5. The molecule has 0 aliphatic heterocycles. The topological polar surface area (TPSA) is 50.4 Å². The highest BCUT2D eigenvalue weighted by atomic mass is 32.1. The van der Waals surface area contributed by atoms with E-state index in [1.54, 1.807) is 16.8 Å². The summed E-state index contributed by atoms with van der Waals surface area (Å²) >= 11 is 7.84. The van der Waals surface area contributed by atoms with E-state index in [0.717, 1.165) is 22.7 Å². The second kappa shape index (κ2) is 8.74. The fourth-order valence-electron chi connectivity index (χ4n) is 2.88. The van der Waals surface area contributed by atoms with Gasteiger partial charge in [-0.15, -0.1) is 0 Å². The Bertz CT molecular complexity index is 1290. The van der Waals surface area contributed by atoms with Crippen molar-refractivity contribution in [1.29, 1.82) is 0 Å². The second-order valence-corrected chi connectivity index (χ2v) is 9.24. The number of alkyl halides is 3. The third-order valence-electron chi connectivity index (χ3n) is 4.29. The Labute approximate surface area is 188 Å². The van der Waals surface area contributed by atoms with Crippen molar-refractivity contribution in [3.63, 3.8) is 0 Å². The zero-order valence-corrected chi connectivity index (χ0v) is 18.2. The third-order valence-corrected chi connectivity index (χ3v) is 6.50. The first-order valence-corrected chi connectivity index (χ1v) is 11.0. The largest absolute Gasteiger partial charge is 0.493 e. The number of nitrogens with zero attached hydrogens (tertiary/aromatic N) is 3. The maximum absolute atomic E-state index is 12.9. The van der Waals surface area contributed by atoms with Crippen LogP contribution in [0.2, 0.25) is 0 Å². The molecule has 0 bridgehead atoms. The lowest BCUT2D eigenvalue weighted by Gasteiger charge is -2.07. The number of hydrogen-bond donors (Lipinski definition) is 1. The molecule has 0 unspecified atom stereocenters. The van der Waals surface area contributed by atoms with Crippen molar-refractivity contribution >= 4 is 46.2 Å². The van der Waals surface area contributed by atoms with Gasteiger partial charge in [-0.3, -0.25) is 4.57 Å². The molecule has 4 nitrogen and oxygen atoms in total. The number of halogens is 3. The van der Waals surface area contributed by atoms with Gasteiger partial charge in [0.2, 0.25) is 11.0 Å². The molecular weight excluding hydrogens is 463 g/mol. The Balaban J connectivity index is 1.52. The van der Waals surface area contributed by atoms with Crippen LogP contribution in [0.15, 0.2) is 65.8 Å². The predicted octanol–water partition coefficient (Wildman–Crippen LogP) is 6.79. The quantitative estimate of drug-likeness (QED) is 0.254. The van der Waals surface area contributed by atoms with E-state index >= 15 is 0 Å². The molecule has 0 aliphatic rings. The molecule has 0 fully saturated rings. The molecule has 10 heteroatoms. The molecule has 0 amide bonds. The number of aromatic nitrogens is 2. The molecule has 4 rings (SSSR count). The van der Waals surface area contributed by atoms with Gasteiger partial charge in [-0.25, -0.2) is 9.98 Å². The van der Waals surface area contributed by atoms with Crippen LogP contribution in [0, 0.1) is 3.95 Å². The van der Waals surface area contributed by atoms with E-state index in [9.17, 15) is 18.3 Å². The van der Waals surface area contributed by atoms with Gasteiger partial charge in [-0.1, -0.05) is 59.1 Å². The van der Waals surface area contributed by atoms with E-state index in [4.69, 9.17) is 12.2 Å². The van der Waals surface area contributed by atoms with Crippen molar-refractivity contribution in [2.45, 2.75) is 12.6 Å². The summed E-state index contributed by atoms with van der Waals surface area (Å²) in [5, 5.41) is 11.0. The first kappa shape index (κ1) is 21.4. The number of aromatic hydroxyl groups is 1. The molecule has 1 N–H and O–H groups in total. The smallest absolute Gasteiger partial charge is 0.416 e. The van der Waals surface area contributed by atoms with Crippen LogP contribution in [-0.2, 0) is 12.6 Å². The summed E-state index contributed by atoms with van der Waals surface area (Å²) in [7, 11) is 0. The van der Waals surface area contributed by atoms with Gasteiger partial charge in [-0.2, -0.15) is 13.2 Å². The minimum atomic E-state index is -4.37. The van der Waals surface area contributed by atoms with Crippen molar-refractivity contribution in [2.24, 2.45) is 4.99 Å². The lowest BCUT2D eigenvalue weighted by Crippen LogP contribution is -2.05. The van der Waals surface area contributed by atoms with Crippen molar-refractivity contribution in [3.05, 3.63) is 85.6 Å². The third kappa shape index (κ3) is 4.92. The molecule has 31 heavy (non-hydrogen) atoms. The molecule has 2 heterocycles. The summed E-state index contributed by atoms with van der Waals surface area (Å²) in [5.74, 6) is -0.00862. The molecule has 0 aliphatic carbocycles. The number of hydrogen-bond acceptors (Lipinski definition) is 6. The molecule has 0 atom stereocenters. The highest BCUT2D eigenvalue weighted by Gasteiger charge is 2.30. The Morgan fingerprint density at radius 3 is 2.61 bits per heavy atom. The fourth-order valence-corrected chi connectivity index (χ4v) is 4.89. The van der Waals surface area contributed by atoms with Gasteiger partial charge < -0.3 is 5.11 Å². The molecule has 2 aromatic heterocycles. The van der Waals surface area contributed by atoms with Gasteiger partial charge in [0.25, 0.3) is 0 Å². The van der Waals surface area contributed by atoms with Crippen LogP contribution < -0.4 is 0 Å². The SMILES string of the molecule is Oc1c(/C=N/c2ncc(Cc3cccc(C(F)(F)F)c3)s2)sc(=S)n1-c1ccccc1. The molecule has 0 radical (unpaired) electrons. The minimum Gasteiger partial charge on any atom is -0.493 e. The summed E-state index contributed by atoms with van der Waals surface area (Å²) < 4.78 is 40.7. The van der Waals surface area contributed by atoms with Crippen molar-refractivity contribution in [1.82, 2.24) is 9.55 Å². The molecule has 0 saturated heterocycles. The maximum Gasteiger partial charge on any atom is 0.416 e. The molecule has 0 spiro atoms. The van der Waals surface area contributed by atoms with E-state index in [-0.39, 0.29) is 5.88 Å². The monoisotopic (exact) mass is 477 g/mol. The van der Waals surface area contributed by atoms with Crippen molar-refractivity contribution < 1.29 is 18.3 Å². The minimum absolute atomic E-state index is 0.00862. The summed E-state index contributed by atoms with van der Waals surface area (Å²) in [4.78, 5) is 9.77. The van der Waals surface area contributed by atoms with Crippen LogP contribution >= 0.6 is 34.9 Å². The summed E-state index contributed by atoms with van der Waals surface area (Å²) in [5.41, 5.74) is 0.621. The highest BCUT2D eigenvalue weighted by Crippen LogP contribution is 2.32. The van der Waals surface area contributed by atoms with Gasteiger partial charge in [0, 0.05) is 17.5 Å². The lowest BCUT2D eigenvalue weighted by molar-refractivity contribution is -0.137. The van der Waals surface area contributed by atoms with Crippen LogP contribution in [-0.4, -0.2) is 20.9 Å². The zero-order chi connectivity index (χ0) is 22.0. The molecule has 4 aromatic rings. The first-order valence-electron chi connectivity index (χ1n) is 8.96. The fraction of sp³-hybridized carbons (Fsp3) is 0.0952. The van der Waals surface area contributed by atoms with Gasteiger partial charge in [-0.05, 0) is 36.0 Å². The molecule has 0 saturated carbocycles. The number of thiazole rings is 2. The Morgan fingerprint density at radius 1 is 1.10 bits per heavy atom. The lowest BCUT2D eigenvalue weighted by atomic mass is 10.1. The van der Waals surface area contributed by atoms with Gasteiger partial charge in [0.1, 0.15) is 4.88 Å². The van der Waals surface area contributed by atoms with Crippen LogP contribution in [0.3, 0.4) is 0 Å². The average molecular weight is 478 g/mol. The van der Waals surface area contributed by atoms with Crippen LogP contribution in [0.1, 0.15) is 20.9 Å². The molecular formula is C21H14F3N3OS3. The normalized spacial score (nSPS) is 12.0. The van der Waals surface area contributed by atoms with E-state index in [1.807, 2.05) is 30.3 Å². The van der Waals surface area contributed by atoms with Crippen LogP contribution in [0.4, 0.5) is 18.3 Å². The first-order chi connectivity index (χ1) is 14.8. The average Bonchev–Trinajstić information content (AvgIpc) is 3.30. The van der Waals surface area contributed by atoms with E-state index in [0.29, 0.717) is 25.9 Å². The summed E-state index contributed by atoms with van der Waals surface area (Å²) in [6.45, 7) is 0. The Hall–Kier alpha value is -2.82. The van der Waals surface area contributed by atoms with Gasteiger partial charge in [0.05, 0.1) is 17.5 Å². The van der Waals surface area contributed by atoms with Gasteiger partial charge >= 0.3 is 6.18 Å². The number of rotatable bonds is 5. The van der Waals surface area contributed by atoms with E-state index in [2.05, 4.69) is 9.98 Å². The molecule has 2 aromatic carbocycles. The summed E-state index contributed by atoms with van der Waals surface area (Å²) in [6.07, 6.45) is -0.968. The van der Waals surface area contributed by atoms with Crippen molar-refractivity contribution in [3.8, 4) is 11.6 Å². The Kier molecular flexibility index (Phi) is 6.03. The Morgan fingerprint density at radius 2 is 1.87 bits per heavy atom. The molecule has 158 valence electrons. The number of aliphatic imine (C=N–C) groups is 1. The van der Waals surface area contributed by atoms with Crippen molar-refractivity contribution in [2.75, 3.05) is 0 Å². The van der Waals surface area contributed by atoms with E-state index < -0.39 is 11.7 Å². The highest BCUT2D eigenvalue weighted by molar-refractivity contribution is 7.73. The van der Waals surface area contributed by atoms with Crippen LogP contribution in [0.5, 0.6) is 5.88 Å².